The van der Waals surface area contributed by atoms with E-state index in [1.165, 1.54) is 25.7 Å². The van der Waals surface area contributed by atoms with Crippen molar-refractivity contribution in [2.45, 2.75) is 44.6 Å². The third kappa shape index (κ3) is 4.23. The van der Waals surface area contributed by atoms with Crippen LogP contribution in [0.4, 0.5) is 0 Å². The average Bonchev–Trinajstić information content (AvgIpc) is 3.58. The predicted octanol–water partition coefficient (Wildman–Crippen LogP) is 3.51. The Labute approximate surface area is 165 Å². The molecule has 0 radical (unpaired) electrons. The van der Waals surface area contributed by atoms with Gasteiger partial charge in [-0.25, -0.2) is 0 Å². The van der Waals surface area contributed by atoms with E-state index >= 15 is 0 Å². The summed E-state index contributed by atoms with van der Waals surface area (Å²) < 4.78 is 5.30. The van der Waals surface area contributed by atoms with Gasteiger partial charge >= 0.3 is 0 Å². The molecule has 146 valence electrons. The quantitative estimate of drug-likeness (QED) is 0.808. The van der Waals surface area contributed by atoms with Crippen LogP contribution in [0, 0.1) is 17.8 Å². The number of nitrogens with zero attached hydrogens (tertiary/aromatic N) is 1. The SMILES string of the molecule is COc1ccc(Cl)cc1C(=O)N1CCC(C(=O)NC(C2CC2)C2CC2)CC1. The van der Waals surface area contributed by atoms with Crippen LogP contribution < -0.4 is 10.1 Å². The summed E-state index contributed by atoms with van der Waals surface area (Å²) in [5, 5.41) is 3.85. The standard InChI is InChI=1S/C21H27ClN2O3/c1-27-18-7-6-16(22)12-17(18)21(26)24-10-8-15(9-11-24)20(25)23-19(13-2-3-13)14-4-5-14/h6-7,12-15,19H,2-5,8-11H2,1H3,(H,23,25). The highest BCUT2D eigenvalue weighted by molar-refractivity contribution is 6.31. The number of hydrogen-bond donors (Lipinski definition) is 1. The van der Waals surface area contributed by atoms with Gasteiger partial charge in [0.05, 0.1) is 12.7 Å². The number of halogens is 1. The smallest absolute Gasteiger partial charge is 0.257 e. The highest BCUT2D eigenvalue weighted by Crippen LogP contribution is 2.44. The van der Waals surface area contributed by atoms with Crippen LogP contribution in [0.3, 0.4) is 0 Å². The van der Waals surface area contributed by atoms with Crippen molar-refractivity contribution in [1.29, 1.82) is 0 Å². The minimum absolute atomic E-state index is 0.00954. The first kappa shape index (κ1) is 18.6. The Morgan fingerprint density at radius 3 is 2.30 bits per heavy atom. The lowest BCUT2D eigenvalue weighted by atomic mass is 9.94. The average molecular weight is 391 g/mol. The third-order valence-electron chi connectivity index (χ3n) is 6.11. The van der Waals surface area contributed by atoms with E-state index in [4.69, 9.17) is 16.3 Å². The summed E-state index contributed by atoms with van der Waals surface area (Å²) in [4.78, 5) is 27.4. The van der Waals surface area contributed by atoms with Gasteiger partial charge in [-0.2, -0.15) is 0 Å². The zero-order valence-corrected chi connectivity index (χ0v) is 16.5. The summed E-state index contributed by atoms with van der Waals surface area (Å²) in [5.41, 5.74) is 0.482. The molecule has 1 heterocycles. The maximum absolute atomic E-state index is 12.9. The Morgan fingerprint density at radius 1 is 1.11 bits per heavy atom. The van der Waals surface area contributed by atoms with Crippen molar-refractivity contribution in [2.24, 2.45) is 17.8 Å². The topological polar surface area (TPSA) is 58.6 Å². The molecular weight excluding hydrogens is 364 g/mol. The second kappa shape index (κ2) is 7.70. The molecule has 3 fully saturated rings. The van der Waals surface area contributed by atoms with Crippen LogP contribution in [0.15, 0.2) is 18.2 Å². The molecule has 1 N–H and O–H groups in total. The fourth-order valence-corrected chi connectivity index (χ4v) is 4.35. The fraction of sp³-hybridized carbons (Fsp3) is 0.619. The summed E-state index contributed by atoms with van der Waals surface area (Å²) in [7, 11) is 1.55. The lowest BCUT2D eigenvalue weighted by Crippen LogP contribution is -2.46. The second-order valence-corrected chi connectivity index (χ2v) is 8.56. The molecule has 1 saturated heterocycles. The summed E-state index contributed by atoms with van der Waals surface area (Å²) in [6.07, 6.45) is 6.46. The van der Waals surface area contributed by atoms with Crippen molar-refractivity contribution in [3.63, 3.8) is 0 Å². The number of nitrogens with one attached hydrogen (secondary N) is 1. The first-order valence-electron chi connectivity index (χ1n) is 10.00. The van der Waals surface area contributed by atoms with Crippen molar-refractivity contribution in [2.75, 3.05) is 20.2 Å². The van der Waals surface area contributed by atoms with E-state index in [0.717, 1.165) is 0 Å². The van der Waals surface area contributed by atoms with Gasteiger partial charge in [-0.1, -0.05) is 11.6 Å². The summed E-state index contributed by atoms with van der Waals surface area (Å²) in [6.45, 7) is 1.17. The Balaban J connectivity index is 1.34. The zero-order valence-electron chi connectivity index (χ0n) is 15.7. The molecule has 3 aliphatic rings. The van der Waals surface area contributed by atoms with Gasteiger partial charge in [0, 0.05) is 30.1 Å². The number of rotatable bonds is 6. The van der Waals surface area contributed by atoms with Crippen molar-refractivity contribution >= 4 is 23.4 Å². The van der Waals surface area contributed by atoms with E-state index in [9.17, 15) is 9.59 Å². The van der Waals surface area contributed by atoms with Crippen LogP contribution in [-0.2, 0) is 4.79 Å². The van der Waals surface area contributed by atoms with E-state index in [0.29, 0.717) is 60.1 Å². The van der Waals surface area contributed by atoms with Crippen molar-refractivity contribution in [3.05, 3.63) is 28.8 Å². The minimum atomic E-state index is -0.0814. The minimum Gasteiger partial charge on any atom is -0.496 e. The molecule has 0 bridgehead atoms. The number of piperidine rings is 1. The maximum atomic E-state index is 12.9. The monoisotopic (exact) mass is 390 g/mol. The van der Waals surface area contributed by atoms with E-state index in [2.05, 4.69) is 5.32 Å². The molecule has 5 nitrogen and oxygen atoms in total. The van der Waals surface area contributed by atoms with Gasteiger partial charge in [0.2, 0.25) is 5.91 Å². The molecule has 1 aliphatic heterocycles. The Bertz CT molecular complexity index is 710. The van der Waals surface area contributed by atoms with Crippen molar-refractivity contribution in [3.8, 4) is 5.75 Å². The van der Waals surface area contributed by atoms with Gasteiger partial charge in [0.25, 0.3) is 5.91 Å². The molecule has 2 aliphatic carbocycles. The maximum Gasteiger partial charge on any atom is 0.257 e. The summed E-state index contributed by atoms with van der Waals surface area (Å²) in [6, 6.07) is 5.47. The number of methoxy groups -OCH3 is 1. The van der Waals surface area contributed by atoms with Crippen LogP contribution in [0.2, 0.25) is 5.02 Å². The van der Waals surface area contributed by atoms with Crippen LogP contribution in [0.5, 0.6) is 5.75 Å². The van der Waals surface area contributed by atoms with E-state index in [1.54, 1.807) is 30.2 Å². The van der Waals surface area contributed by atoms with E-state index in [1.807, 2.05) is 0 Å². The first-order valence-corrected chi connectivity index (χ1v) is 10.4. The van der Waals surface area contributed by atoms with Crippen LogP contribution >= 0.6 is 11.6 Å². The van der Waals surface area contributed by atoms with Gasteiger partial charge in [-0.15, -0.1) is 0 Å². The Kier molecular flexibility index (Phi) is 5.31. The third-order valence-corrected chi connectivity index (χ3v) is 6.35. The molecule has 1 aromatic carbocycles. The lowest BCUT2D eigenvalue weighted by Gasteiger charge is -2.32. The molecule has 1 aromatic rings. The number of carbonyl (C=O) groups excluding carboxylic acids is 2. The molecule has 0 aromatic heterocycles. The lowest BCUT2D eigenvalue weighted by molar-refractivity contribution is -0.127. The normalized spacial score (nSPS) is 20.6. The van der Waals surface area contributed by atoms with Gasteiger partial charge in [-0.3, -0.25) is 9.59 Å². The van der Waals surface area contributed by atoms with Gasteiger partial charge in [0.1, 0.15) is 5.75 Å². The van der Waals surface area contributed by atoms with Crippen LogP contribution in [0.1, 0.15) is 48.9 Å². The molecule has 2 saturated carbocycles. The number of ether oxygens (including phenoxy) is 1. The van der Waals surface area contributed by atoms with Gasteiger partial charge in [0.15, 0.2) is 0 Å². The highest BCUT2D eigenvalue weighted by Gasteiger charge is 2.43. The number of benzene rings is 1. The number of likely N-dealkylation sites (tertiary alicyclic amines) is 1. The molecule has 0 spiro atoms. The number of carbonyl (C=O) groups is 2. The molecule has 2 amide bonds. The van der Waals surface area contributed by atoms with Crippen LogP contribution in [-0.4, -0.2) is 43.0 Å². The predicted molar refractivity (Wildman–Crippen MR) is 104 cm³/mol. The zero-order chi connectivity index (χ0) is 19.0. The Morgan fingerprint density at radius 2 is 1.74 bits per heavy atom. The van der Waals surface area contributed by atoms with E-state index < -0.39 is 0 Å². The molecule has 27 heavy (non-hydrogen) atoms. The van der Waals surface area contributed by atoms with E-state index in [-0.39, 0.29) is 17.7 Å². The molecule has 6 heteroatoms. The van der Waals surface area contributed by atoms with Crippen molar-refractivity contribution < 1.29 is 14.3 Å². The molecule has 0 atom stereocenters. The fourth-order valence-electron chi connectivity index (χ4n) is 4.18. The second-order valence-electron chi connectivity index (χ2n) is 8.12. The van der Waals surface area contributed by atoms with Gasteiger partial charge in [-0.05, 0) is 68.6 Å². The summed E-state index contributed by atoms with van der Waals surface area (Å²) in [5.74, 6) is 2.06. The molecular formula is C21H27ClN2O3. The van der Waals surface area contributed by atoms with Crippen molar-refractivity contribution in [1.82, 2.24) is 10.2 Å². The number of amides is 2. The van der Waals surface area contributed by atoms with Crippen LogP contribution in [0.25, 0.3) is 0 Å². The first-order chi connectivity index (χ1) is 13.1. The Hall–Kier alpha value is -1.75. The summed E-state index contributed by atoms with van der Waals surface area (Å²) >= 11 is 6.05. The largest absolute Gasteiger partial charge is 0.496 e. The molecule has 4 rings (SSSR count). The highest BCUT2D eigenvalue weighted by atomic mass is 35.5. The number of hydrogen-bond acceptors (Lipinski definition) is 3. The van der Waals surface area contributed by atoms with Gasteiger partial charge < -0.3 is 15.0 Å². The molecule has 0 unspecified atom stereocenters.